The van der Waals surface area contributed by atoms with Crippen molar-refractivity contribution < 1.29 is 40.4 Å². The van der Waals surface area contributed by atoms with Crippen LogP contribution in [0.25, 0.3) is 33.4 Å². The van der Waals surface area contributed by atoms with Crippen molar-refractivity contribution in [3.8, 4) is 28.4 Å². The standard InChI is InChI=1S/C33H40F3N5O6SSi/c1-31(2,3)32(12-7-13-41(32)30(42)43)29-39-20-28(40(29)21-46-14-15-49(4,5)6)27-19-37-26(18-38-27)24-9-8-23-17-25(11-10-22(23)16-24)47-48(44,45)33(34,35)36/h8-11,16-20H,7,12-15,21H2,1-6H3,(H,42,43)/t32-/m1/s1. The summed E-state index contributed by atoms with van der Waals surface area (Å²) in [6.07, 6.45) is 5.17. The smallest absolute Gasteiger partial charge is 0.465 e. The molecule has 1 aliphatic rings. The van der Waals surface area contributed by atoms with Gasteiger partial charge in [-0.05, 0) is 53.3 Å². The zero-order chi connectivity index (χ0) is 36.0. The predicted molar refractivity (Wildman–Crippen MR) is 181 cm³/mol. The van der Waals surface area contributed by atoms with Crippen LogP contribution in [0.2, 0.25) is 25.7 Å². The van der Waals surface area contributed by atoms with Crippen molar-refractivity contribution in [2.75, 3.05) is 13.2 Å². The molecule has 0 spiro atoms. The van der Waals surface area contributed by atoms with Gasteiger partial charge in [0.25, 0.3) is 0 Å². The molecule has 264 valence electrons. The number of alkyl halides is 3. The van der Waals surface area contributed by atoms with Crippen molar-refractivity contribution in [3.05, 3.63) is 60.8 Å². The molecule has 3 heterocycles. The van der Waals surface area contributed by atoms with E-state index in [0.29, 0.717) is 65.2 Å². The van der Waals surface area contributed by atoms with Gasteiger partial charge in [0.05, 0.1) is 30.0 Å². The summed E-state index contributed by atoms with van der Waals surface area (Å²) in [7, 11) is -7.17. The number of rotatable bonds is 10. The number of benzene rings is 2. The highest BCUT2D eigenvalue weighted by atomic mass is 32.2. The number of likely N-dealkylation sites (tertiary alicyclic amines) is 1. The fraction of sp³-hybridized carbons (Fsp3) is 0.455. The first kappa shape index (κ1) is 36.3. The summed E-state index contributed by atoms with van der Waals surface area (Å²) >= 11 is 0. The molecule has 0 radical (unpaired) electrons. The van der Waals surface area contributed by atoms with E-state index in [1.165, 1.54) is 17.0 Å². The number of hydrogen-bond donors (Lipinski definition) is 1. The Morgan fingerprint density at radius 2 is 1.63 bits per heavy atom. The van der Waals surface area contributed by atoms with Crippen molar-refractivity contribution >= 4 is 35.1 Å². The Balaban J connectivity index is 1.48. The summed E-state index contributed by atoms with van der Waals surface area (Å²) in [4.78, 5) is 28.2. The average Bonchev–Trinajstić information content (AvgIpc) is 3.63. The Morgan fingerprint density at radius 1 is 0.980 bits per heavy atom. The minimum atomic E-state index is -5.79. The van der Waals surface area contributed by atoms with Gasteiger partial charge in [-0.25, -0.2) is 9.78 Å². The molecule has 1 fully saturated rings. The van der Waals surface area contributed by atoms with Gasteiger partial charge in [-0.2, -0.15) is 21.6 Å². The van der Waals surface area contributed by atoms with Gasteiger partial charge < -0.3 is 18.6 Å². The van der Waals surface area contributed by atoms with Gasteiger partial charge in [-0.3, -0.25) is 14.9 Å². The van der Waals surface area contributed by atoms with Crippen LogP contribution in [0.15, 0.2) is 55.0 Å². The maximum absolute atomic E-state index is 12.8. The highest BCUT2D eigenvalue weighted by molar-refractivity contribution is 7.88. The number of hydrogen-bond acceptors (Lipinski definition) is 8. The van der Waals surface area contributed by atoms with Gasteiger partial charge in [0.1, 0.15) is 29.5 Å². The molecule has 1 atom stereocenters. The minimum Gasteiger partial charge on any atom is -0.465 e. The SMILES string of the molecule is CC(C)(C)[C@]1(c2ncc(-c3cnc(-c4ccc5cc(OS(=O)(=O)C(F)(F)F)ccc5c4)cn3)n2COCC[Si](C)(C)C)CCCN1C(=O)O. The number of carbonyl (C=O) groups is 1. The molecule has 0 bridgehead atoms. The monoisotopic (exact) mass is 719 g/mol. The highest BCUT2D eigenvalue weighted by Gasteiger charge is 2.56. The van der Waals surface area contributed by atoms with Gasteiger partial charge in [-0.1, -0.05) is 58.6 Å². The van der Waals surface area contributed by atoms with E-state index in [1.807, 2.05) is 25.3 Å². The van der Waals surface area contributed by atoms with E-state index in [9.17, 15) is 31.5 Å². The van der Waals surface area contributed by atoms with Crippen LogP contribution in [0, 0.1) is 5.41 Å². The van der Waals surface area contributed by atoms with Gasteiger partial charge >= 0.3 is 21.7 Å². The molecule has 1 N–H and O–H groups in total. The Kier molecular flexibility index (Phi) is 9.64. The molecule has 2 aromatic heterocycles. The van der Waals surface area contributed by atoms with Gasteiger partial charge in [-0.15, -0.1) is 0 Å². The van der Waals surface area contributed by atoms with E-state index in [2.05, 4.69) is 28.8 Å². The quantitative estimate of drug-likeness (QED) is 0.0756. The summed E-state index contributed by atoms with van der Waals surface area (Å²) in [5, 5.41) is 11.3. The van der Waals surface area contributed by atoms with Crippen molar-refractivity contribution in [3.63, 3.8) is 0 Å². The molecular weight excluding hydrogens is 680 g/mol. The van der Waals surface area contributed by atoms with Crippen LogP contribution in [0.5, 0.6) is 5.75 Å². The van der Waals surface area contributed by atoms with Crippen molar-refractivity contribution in [2.45, 2.75) is 77.1 Å². The summed E-state index contributed by atoms with van der Waals surface area (Å²) in [6.45, 7) is 14.0. The maximum Gasteiger partial charge on any atom is 0.534 e. The second-order valence-electron chi connectivity index (χ2n) is 14.4. The summed E-state index contributed by atoms with van der Waals surface area (Å²) in [6, 6.07) is 9.84. The lowest BCUT2D eigenvalue weighted by Crippen LogP contribution is -2.54. The second kappa shape index (κ2) is 13.0. The molecule has 16 heteroatoms. The van der Waals surface area contributed by atoms with E-state index < -0.39 is 46.5 Å². The van der Waals surface area contributed by atoms with Crippen molar-refractivity contribution in [1.82, 2.24) is 24.4 Å². The lowest BCUT2D eigenvalue weighted by Gasteiger charge is -2.46. The highest BCUT2D eigenvalue weighted by Crippen LogP contribution is 2.51. The summed E-state index contributed by atoms with van der Waals surface area (Å²) in [5.74, 6) is 0.133. The topological polar surface area (TPSA) is 137 Å². The lowest BCUT2D eigenvalue weighted by atomic mass is 9.71. The largest absolute Gasteiger partial charge is 0.534 e. The molecule has 4 aromatic rings. The summed E-state index contributed by atoms with van der Waals surface area (Å²) in [5.41, 5.74) is -4.62. The number of ether oxygens (including phenoxy) is 1. The van der Waals surface area contributed by atoms with Gasteiger partial charge in [0.15, 0.2) is 0 Å². The molecule has 5 rings (SSSR count). The fourth-order valence-corrected chi connectivity index (χ4v) is 7.43. The van der Waals surface area contributed by atoms with Crippen LogP contribution in [-0.4, -0.2) is 70.8 Å². The van der Waals surface area contributed by atoms with E-state index >= 15 is 0 Å². The molecule has 0 unspecified atom stereocenters. The van der Waals surface area contributed by atoms with Gasteiger partial charge in [0.2, 0.25) is 0 Å². The number of imidazole rings is 1. The van der Waals surface area contributed by atoms with Crippen LogP contribution in [0.1, 0.15) is 39.4 Å². The third-order valence-corrected chi connectivity index (χ3v) is 11.5. The van der Waals surface area contributed by atoms with Crippen molar-refractivity contribution in [1.29, 1.82) is 0 Å². The number of fused-ring (bicyclic) bond motifs is 1. The first-order valence-electron chi connectivity index (χ1n) is 15.8. The van der Waals surface area contributed by atoms with Crippen LogP contribution in [0.3, 0.4) is 0 Å². The molecular formula is C33H40F3N5O6SSi. The van der Waals surface area contributed by atoms with Crippen molar-refractivity contribution in [2.24, 2.45) is 5.41 Å². The Hall–Kier alpha value is -4.02. The van der Waals surface area contributed by atoms with E-state index in [4.69, 9.17) is 14.7 Å². The van der Waals surface area contributed by atoms with E-state index in [1.54, 1.807) is 36.8 Å². The lowest BCUT2D eigenvalue weighted by molar-refractivity contribution is -0.0500. The molecule has 0 aliphatic carbocycles. The molecule has 1 aliphatic heterocycles. The molecule has 1 amide bonds. The molecule has 11 nitrogen and oxygen atoms in total. The zero-order valence-electron chi connectivity index (χ0n) is 28.2. The molecule has 2 aromatic carbocycles. The van der Waals surface area contributed by atoms with Crippen LogP contribution in [-0.2, 0) is 27.1 Å². The molecule has 49 heavy (non-hydrogen) atoms. The third kappa shape index (κ3) is 7.31. The van der Waals surface area contributed by atoms with Gasteiger partial charge in [0, 0.05) is 26.8 Å². The first-order valence-corrected chi connectivity index (χ1v) is 20.9. The number of aromatic nitrogens is 4. The third-order valence-electron chi connectivity index (χ3n) is 8.81. The van der Waals surface area contributed by atoms with Crippen LogP contribution < -0.4 is 4.18 Å². The molecule has 0 saturated carbocycles. The van der Waals surface area contributed by atoms with Crippen LogP contribution in [0.4, 0.5) is 18.0 Å². The normalized spacial score (nSPS) is 17.5. The maximum atomic E-state index is 12.8. The predicted octanol–water partition coefficient (Wildman–Crippen LogP) is 7.72. The minimum absolute atomic E-state index is 0.157. The van der Waals surface area contributed by atoms with E-state index in [0.717, 1.165) is 12.1 Å². The summed E-state index contributed by atoms with van der Waals surface area (Å²) < 4.78 is 73.5. The van der Waals surface area contributed by atoms with Crippen LogP contribution >= 0.6 is 0 Å². The number of amides is 1. The second-order valence-corrected chi connectivity index (χ2v) is 21.5. The Morgan fingerprint density at radius 3 is 2.24 bits per heavy atom. The number of carboxylic acid groups (broad SMARTS) is 1. The van der Waals surface area contributed by atoms with E-state index in [-0.39, 0.29) is 6.73 Å². The Bertz CT molecular complexity index is 1960. The first-order chi connectivity index (χ1) is 22.7. The molecule has 1 saturated heterocycles. The number of nitrogens with zero attached hydrogens (tertiary/aromatic N) is 5. The Labute approximate surface area is 284 Å². The number of halogens is 3. The fourth-order valence-electron chi connectivity index (χ4n) is 6.22. The average molecular weight is 720 g/mol. The zero-order valence-corrected chi connectivity index (χ0v) is 30.0.